The smallest absolute Gasteiger partial charge is 0.128 e. The van der Waals surface area contributed by atoms with Crippen molar-refractivity contribution in [1.82, 2.24) is 4.98 Å². The van der Waals surface area contributed by atoms with Crippen LogP contribution < -0.4 is 11.5 Å². The summed E-state index contributed by atoms with van der Waals surface area (Å²) in [7, 11) is 0. The first-order valence-corrected chi connectivity index (χ1v) is 7.81. The summed E-state index contributed by atoms with van der Waals surface area (Å²) in [6.07, 6.45) is 8.59. The standard InChI is InChI=1S/C14H23N3S/c1-10-7-8-17-14(16)13(10)12(15)9-18-11-5-3-2-4-6-11/h7-8,11-12H,2-6,9,15H2,1H3,(H2,16,17). The predicted octanol–water partition coefficient (Wildman–Crippen LogP) is 3.04. The van der Waals surface area contributed by atoms with Crippen molar-refractivity contribution < 1.29 is 0 Å². The minimum Gasteiger partial charge on any atom is -0.383 e. The van der Waals surface area contributed by atoms with Crippen molar-refractivity contribution in [2.75, 3.05) is 11.5 Å². The molecule has 0 aliphatic heterocycles. The number of aryl methyl sites for hydroxylation is 1. The van der Waals surface area contributed by atoms with E-state index in [-0.39, 0.29) is 6.04 Å². The van der Waals surface area contributed by atoms with Crippen LogP contribution in [0.15, 0.2) is 12.3 Å². The number of anilines is 1. The lowest BCUT2D eigenvalue weighted by Crippen LogP contribution is -2.19. The molecule has 1 aromatic rings. The minimum atomic E-state index is 0.00521. The molecule has 1 saturated carbocycles. The second-order valence-electron chi connectivity index (χ2n) is 5.13. The van der Waals surface area contributed by atoms with Crippen LogP contribution in [0.1, 0.15) is 49.3 Å². The minimum absolute atomic E-state index is 0.00521. The van der Waals surface area contributed by atoms with Gasteiger partial charge in [-0.3, -0.25) is 0 Å². The first-order chi connectivity index (χ1) is 8.68. The van der Waals surface area contributed by atoms with Gasteiger partial charge in [0.05, 0.1) is 0 Å². The molecular formula is C14H23N3S. The lowest BCUT2D eigenvalue weighted by molar-refractivity contribution is 0.515. The first kappa shape index (κ1) is 13.7. The number of pyridine rings is 1. The van der Waals surface area contributed by atoms with Crippen LogP contribution in [0.4, 0.5) is 5.82 Å². The third kappa shape index (κ3) is 3.39. The number of nitrogens with two attached hydrogens (primary N) is 2. The number of aromatic nitrogens is 1. The van der Waals surface area contributed by atoms with E-state index in [4.69, 9.17) is 11.5 Å². The average molecular weight is 265 g/mol. The van der Waals surface area contributed by atoms with Gasteiger partial charge in [0.25, 0.3) is 0 Å². The Morgan fingerprint density at radius 2 is 2.11 bits per heavy atom. The number of nitrogen functional groups attached to an aromatic ring is 1. The lowest BCUT2D eigenvalue weighted by atomic mass is 10.0. The topological polar surface area (TPSA) is 64.9 Å². The monoisotopic (exact) mass is 265 g/mol. The molecule has 0 spiro atoms. The molecule has 18 heavy (non-hydrogen) atoms. The largest absolute Gasteiger partial charge is 0.383 e. The fraction of sp³-hybridized carbons (Fsp3) is 0.643. The van der Waals surface area contributed by atoms with Crippen LogP contribution in [-0.4, -0.2) is 16.0 Å². The molecule has 0 bridgehead atoms. The van der Waals surface area contributed by atoms with Crippen LogP contribution >= 0.6 is 11.8 Å². The Kier molecular flexibility index (Phi) is 4.89. The Labute approximate surface area is 114 Å². The molecule has 1 aromatic heterocycles. The molecule has 4 N–H and O–H groups in total. The zero-order valence-corrected chi connectivity index (χ0v) is 11.9. The van der Waals surface area contributed by atoms with Crippen LogP contribution in [0, 0.1) is 6.92 Å². The lowest BCUT2D eigenvalue weighted by Gasteiger charge is -2.23. The first-order valence-electron chi connectivity index (χ1n) is 6.76. The molecule has 1 heterocycles. The molecule has 1 aliphatic rings. The fourth-order valence-electron chi connectivity index (χ4n) is 2.63. The molecule has 1 unspecified atom stereocenters. The molecule has 1 atom stereocenters. The van der Waals surface area contributed by atoms with E-state index in [1.807, 2.05) is 17.8 Å². The van der Waals surface area contributed by atoms with Gasteiger partial charge in [0, 0.05) is 28.8 Å². The Morgan fingerprint density at radius 1 is 1.39 bits per heavy atom. The molecule has 4 heteroatoms. The van der Waals surface area contributed by atoms with Gasteiger partial charge in [-0.15, -0.1) is 0 Å². The van der Waals surface area contributed by atoms with E-state index in [1.54, 1.807) is 6.20 Å². The fourth-order valence-corrected chi connectivity index (χ4v) is 3.94. The van der Waals surface area contributed by atoms with Gasteiger partial charge in [0.2, 0.25) is 0 Å². The second-order valence-corrected chi connectivity index (χ2v) is 6.46. The summed E-state index contributed by atoms with van der Waals surface area (Å²) in [5.74, 6) is 1.54. The second kappa shape index (κ2) is 6.43. The van der Waals surface area contributed by atoms with Gasteiger partial charge in [0.1, 0.15) is 5.82 Å². The molecule has 0 aromatic carbocycles. The molecule has 0 radical (unpaired) electrons. The zero-order valence-electron chi connectivity index (χ0n) is 11.1. The maximum Gasteiger partial charge on any atom is 0.128 e. The highest BCUT2D eigenvalue weighted by atomic mass is 32.2. The van der Waals surface area contributed by atoms with Crippen molar-refractivity contribution in [2.24, 2.45) is 5.73 Å². The maximum absolute atomic E-state index is 6.27. The molecule has 100 valence electrons. The molecule has 2 rings (SSSR count). The van der Waals surface area contributed by atoms with Crippen molar-refractivity contribution in [3.63, 3.8) is 0 Å². The van der Waals surface area contributed by atoms with Crippen molar-refractivity contribution in [3.05, 3.63) is 23.4 Å². The summed E-state index contributed by atoms with van der Waals surface area (Å²) in [6, 6.07) is 1.99. The number of thioether (sulfide) groups is 1. The highest BCUT2D eigenvalue weighted by molar-refractivity contribution is 7.99. The molecule has 0 saturated heterocycles. The summed E-state index contributed by atoms with van der Waals surface area (Å²) in [5.41, 5.74) is 14.4. The zero-order chi connectivity index (χ0) is 13.0. The maximum atomic E-state index is 6.27. The number of hydrogen-bond donors (Lipinski definition) is 2. The van der Waals surface area contributed by atoms with Crippen LogP contribution in [0.25, 0.3) is 0 Å². The van der Waals surface area contributed by atoms with Gasteiger partial charge in [-0.2, -0.15) is 11.8 Å². The van der Waals surface area contributed by atoms with E-state index in [0.717, 1.165) is 22.1 Å². The Hall–Kier alpha value is -0.740. The van der Waals surface area contributed by atoms with Gasteiger partial charge in [-0.05, 0) is 31.4 Å². The van der Waals surface area contributed by atoms with Crippen molar-refractivity contribution >= 4 is 17.6 Å². The normalized spacial score (nSPS) is 18.8. The van der Waals surface area contributed by atoms with Crippen molar-refractivity contribution in [2.45, 2.75) is 50.3 Å². The quantitative estimate of drug-likeness (QED) is 0.878. The Morgan fingerprint density at radius 3 is 2.78 bits per heavy atom. The predicted molar refractivity (Wildman–Crippen MR) is 79.6 cm³/mol. The SMILES string of the molecule is Cc1ccnc(N)c1C(N)CSC1CCCCC1. The molecule has 1 aliphatic carbocycles. The van der Waals surface area contributed by atoms with E-state index in [2.05, 4.69) is 11.9 Å². The van der Waals surface area contributed by atoms with Gasteiger partial charge >= 0.3 is 0 Å². The Bertz CT molecular complexity index is 368. The van der Waals surface area contributed by atoms with Crippen LogP contribution in [-0.2, 0) is 0 Å². The molecule has 3 nitrogen and oxygen atoms in total. The van der Waals surface area contributed by atoms with Crippen molar-refractivity contribution in [3.8, 4) is 0 Å². The highest BCUT2D eigenvalue weighted by Crippen LogP contribution is 2.31. The van der Waals surface area contributed by atoms with Crippen molar-refractivity contribution in [1.29, 1.82) is 0 Å². The summed E-state index contributed by atoms with van der Waals surface area (Å²) in [6.45, 7) is 2.05. The third-order valence-corrected chi connectivity index (χ3v) is 5.17. The molecule has 0 amide bonds. The number of nitrogens with zero attached hydrogens (tertiary/aromatic N) is 1. The summed E-state index contributed by atoms with van der Waals surface area (Å²) in [5, 5.41) is 0.794. The summed E-state index contributed by atoms with van der Waals surface area (Å²) < 4.78 is 0. The van der Waals surface area contributed by atoms with Crippen LogP contribution in [0.5, 0.6) is 0 Å². The van der Waals surface area contributed by atoms with Gasteiger partial charge in [-0.25, -0.2) is 4.98 Å². The van der Waals surface area contributed by atoms with Gasteiger partial charge < -0.3 is 11.5 Å². The molecular weight excluding hydrogens is 242 g/mol. The van der Waals surface area contributed by atoms with E-state index in [0.29, 0.717) is 5.82 Å². The van der Waals surface area contributed by atoms with E-state index < -0.39 is 0 Å². The Balaban J connectivity index is 1.92. The van der Waals surface area contributed by atoms with E-state index >= 15 is 0 Å². The van der Waals surface area contributed by atoms with E-state index in [9.17, 15) is 0 Å². The summed E-state index contributed by atoms with van der Waals surface area (Å²) >= 11 is 2.01. The number of hydrogen-bond acceptors (Lipinski definition) is 4. The third-order valence-electron chi connectivity index (χ3n) is 3.67. The van der Waals surface area contributed by atoms with E-state index in [1.165, 1.54) is 32.1 Å². The van der Waals surface area contributed by atoms with Crippen LogP contribution in [0.3, 0.4) is 0 Å². The summed E-state index contributed by atoms with van der Waals surface area (Å²) in [4.78, 5) is 4.14. The van der Waals surface area contributed by atoms with Gasteiger partial charge in [0.15, 0.2) is 0 Å². The van der Waals surface area contributed by atoms with Gasteiger partial charge in [-0.1, -0.05) is 19.3 Å². The number of rotatable bonds is 4. The van der Waals surface area contributed by atoms with Crippen LogP contribution in [0.2, 0.25) is 0 Å². The molecule has 1 fully saturated rings. The highest BCUT2D eigenvalue weighted by Gasteiger charge is 2.18. The average Bonchev–Trinajstić information content (AvgIpc) is 2.37.